The minimum atomic E-state index is -4.60. The van der Waals surface area contributed by atoms with Crippen molar-refractivity contribution in [1.29, 1.82) is 5.26 Å². The molecule has 2 aromatic carbocycles. The van der Waals surface area contributed by atoms with E-state index in [2.05, 4.69) is 20.3 Å². The van der Waals surface area contributed by atoms with Gasteiger partial charge in [-0.25, -0.2) is 9.67 Å². The van der Waals surface area contributed by atoms with Gasteiger partial charge in [-0.3, -0.25) is 5.10 Å². The normalized spacial score (nSPS) is 11.6. The van der Waals surface area contributed by atoms with Gasteiger partial charge in [0.25, 0.3) is 5.82 Å². The summed E-state index contributed by atoms with van der Waals surface area (Å²) in [6, 6.07) is 13.9. The van der Waals surface area contributed by atoms with Crippen LogP contribution >= 0.6 is 0 Å². The molecule has 0 saturated carbocycles. The molecule has 6 nitrogen and oxygen atoms in total. The first-order chi connectivity index (χ1) is 12.5. The van der Waals surface area contributed by atoms with Crippen molar-refractivity contribution in [3.05, 3.63) is 60.2 Å². The number of nitrogens with one attached hydrogen (secondary N) is 1. The summed E-state index contributed by atoms with van der Waals surface area (Å²) in [5.41, 5.74) is 3.09. The van der Waals surface area contributed by atoms with E-state index < -0.39 is 12.0 Å². The fourth-order valence-electron chi connectivity index (χ4n) is 2.58. The molecule has 2 aromatic heterocycles. The van der Waals surface area contributed by atoms with Crippen LogP contribution < -0.4 is 0 Å². The van der Waals surface area contributed by atoms with Crippen molar-refractivity contribution in [3.63, 3.8) is 0 Å². The topological polar surface area (TPSA) is 83.2 Å². The molecule has 4 rings (SSSR count). The first-order valence-electron chi connectivity index (χ1n) is 7.43. The molecule has 0 amide bonds. The Bertz CT molecular complexity index is 1130. The largest absolute Gasteiger partial charge is 0.453 e. The molecule has 0 aliphatic rings. The second-order valence-corrected chi connectivity index (χ2v) is 5.50. The molecule has 128 valence electrons. The summed E-state index contributed by atoms with van der Waals surface area (Å²) < 4.78 is 39.1. The van der Waals surface area contributed by atoms with Gasteiger partial charge in [0.1, 0.15) is 6.33 Å². The molecule has 0 saturated heterocycles. The van der Waals surface area contributed by atoms with Crippen molar-refractivity contribution in [2.75, 3.05) is 0 Å². The van der Waals surface area contributed by atoms with Gasteiger partial charge in [-0.05, 0) is 30.3 Å². The van der Waals surface area contributed by atoms with Crippen molar-refractivity contribution in [2.45, 2.75) is 6.18 Å². The summed E-state index contributed by atoms with van der Waals surface area (Å²) in [7, 11) is 0. The van der Waals surface area contributed by atoms with Gasteiger partial charge < -0.3 is 0 Å². The Morgan fingerprint density at radius 1 is 1.08 bits per heavy atom. The van der Waals surface area contributed by atoms with Gasteiger partial charge in [-0.1, -0.05) is 12.1 Å². The fraction of sp³-hybridized carbons (Fsp3) is 0.0588. The number of alkyl halides is 3. The van der Waals surface area contributed by atoms with Crippen LogP contribution in [0.1, 0.15) is 11.4 Å². The summed E-state index contributed by atoms with van der Waals surface area (Å²) in [4.78, 5) is 3.30. The van der Waals surface area contributed by atoms with Crippen LogP contribution in [0.2, 0.25) is 0 Å². The van der Waals surface area contributed by atoms with Crippen LogP contribution in [-0.4, -0.2) is 25.0 Å². The highest BCUT2D eigenvalue weighted by atomic mass is 19.4. The highest BCUT2D eigenvalue weighted by Crippen LogP contribution is 2.29. The van der Waals surface area contributed by atoms with Gasteiger partial charge in [0.15, 0.2) is 0 Å². The quantitative estimate of drug-likeness (QED) is 0.595. The lowest BCUT2D eigenvalue weighted by molar-refractivity contribution is -0.144. The highest BCUT2D eigenvalue weighted by Gasteiger charge is 2.35. The lowest BCUT2D eigenvalue weighted by Crippen LogP contribution is -2.08. The van der Waals surface area contributed by atoms with E-state index >= 15 is 0 Å². The number of fused-ring (bicyclic) bond motifs is 1. The number of nitrogens with zero attached hydrogens (tertiary/aromatic N) is 5. The minimum absolute atomic E-state index is 0.428. The van der Waals surface area contributed by atoms with Gasteiger partial charge in [-0.2, -0.15) is 23.5 Å². The summed E-state index contributed by atoms with van der Waals surface area (Å²) in [6.45, 7) is 0. The van der Waals surface area contributed by atoms with Crippen LogP contribution in [0.15, 0.2) is 48.8 Å². The van der Waals surface area contributed by atoms with Crippen LogP contribution in [0.5, 0.6) is 0 Å². The Labute approximate surface area is 144 Å². The molecule has 0 spiro atoms. The maximum Gasteiger partial charge on any atom is 0.453 e. The molecule has 9 heteroatoms. The SMILES string of the molecule is N#Cc1ccc(-c2n[nH]c3ccc(-n4cnc(C(F)(F)F)n4)cc23)cc1. The molecule has 4 aromatic rings. The summed E-state index contributed by atoms with van der Waals surface area (Å²) in [5, 5.41) is 20.2. The van der Waals surface area contributed by atoms with Gasteiger partial charge >= 0.3 is 6.18 Å². The standard InChI is InChI=1S/C17H9F3N6/c18-17(19,20)16-22-9-26(25-16)12-5-6-14-13(7-12)15(24-23-14)11-3-1-10(8-21)2-4-11/h1-7,9H,(H,23,24). The van der Waals surface area contributed by atoms with E-state index in [9.17, 15) is 13.2 Å². The molecule has 1 N–H and O–H groups in total. The van der Waals surface area contributed by atoms with E-state index in [-0.39, 0.29) is 0 Å². The number of halogens is 3. The van der Waals surface area contributed by atoms with Crippen LogP contribution in [0.25, 0.3) is 27.8 Å². The van der Waals surface area contributed by atoms with Gasteiger partial charge in [-0.15, -0.1) is 5.10 Å². The Morgan fingerprint density at radius 2 is 1.85 bits per heavy atom. The van der Waals surface area contributed by atoms with E-state index in [1.54, 1.807) is 42.5 Å². The zero-order chi connectivity index (χ0) is 18.3. The lowest BCUT2D eigenvalue weighted by atomic mass is 10.1. The molecular formula is C17H9F3N6. The number of aromatic nitrogens is 5. The lowest BCUT2D eigenvalue weighted by Gasteiger charge is -2.03. The highest BCUT2D eigenvalue weighted by molar-refractivity contribution is 5.94. The monoisotopic (exact) mass is 354 g/mol. The molecular weight excluding hydrogens is 345 g/mol. The second-order valence-electron chi connectivity index (χ2n) is 5.50. The van der Waals surface area contributed by atoms with E-state index in [4.69, 9.17) is 5.26 Å². The fourth-order valence-corrected chi connectivity index (χ4v) is 2.58. The van der Waals surface area contributed by atoms with Gasteiger partial charge in [0.05, 0.1) is 28.5 Å². The Hall–Kier alpha value is -3.67. The number of hydrogen-bond donors (Lipinski definition) is 1. The summed E-state index contributed by atoms with van der Waals surface area (Å²) >= 11 is 0. The first-order valence-corrected chi connectivity index (χ1v) is 7.43. The van der Waals surface area contributed by atoms with Crippen molar-refractivity contribution >= 4 is 10.9 Å². The van der Waals surface area contributed by atoms with Gasteiger partial charge in [0.2, 0.25) is 0 Å². The molecule has 0 fully saturated rings. The van der Waals surface area contributed by atoms with Crippen molar-refractivity contribution in [1.82, 2.24) is 25.0 Å². The predicted molar refractivity (Wildman–Crippen MR) is 86.2 cm³/mol. The Morgan fingerprint density at radius 3 is 2.50 bits per heavy atom. The van der Waals surface area contributed by atoms with Crippen LogP contribution in [0.3, 0.4) is 0 Å². The molecule has 0 radical (unpaired) electrons. The summed E-state index contributed by atoms with van der Waals surface area (Å²) in [6.07, 6.45) is -3.58. The van der Waals surface area contributed by atoms with Crippen molar-refractivity contribution < 1.29 is 13.2 Å². The zero-order valence-corrected chi connectivity index (χ0v) is 13.0. The number of nitriles is 1. The number of rotatable bonds is 2. The Kier molecular flexibility index (Phi) is 3.47. The third-order valence-electron chi connectivity index (χ3n) is 3.84. The number of hydrogen-bond acceptors (Lipinski definition) is 4. The molecule has 26 heavy (non-hydrogen) atoms. The third-order valence-corrected chi connectivity index (χ3v) is 3.84. The van der Waals surface area contributed by atoms with Gasteiger partial charge in [0, 0.05) is 10.9 Å². The molecule has 0 unspecified atom stereocenters. The van der Waals surface area contributed by atoms with Crippen LogP contribution in [0.4, 0.5) is 13.2 Å². The maximum absolute atomic E-state index is 12.7. The molecule has 0 bridgehead atoms. The number of benzene rings is 2. The Balaban J connectivity index is 1.79. The first kappa shape index (κ1) is 15.8. The molecule has 2 heterocycles. The van der Waals surface area contributed by atoms with E-state index in [0.29, 0.717) is 16.9 Å². The molecule has 0 aliphatic carbocycles. The smallest absolute Gasteiger partial charge is 0.277 e. The zero-order valence-electron chi connectivity index (χ0n) is 13.0. The molecule has 0 aliphatic heterocycles. The van der Waals surface area contributed by atoms with Crippen molar-refractivity contribution in [3.8, 4) is 23.0 Å². The molecule has 0 atom stereocenters. The second kappa shape index (κ2) is 5.70. The van der Waals surface area contributed by atoms with Crippen LogP contribution in [0, 0.1) is 11.3 Å². The number of aromatic amines is 1. The van der Waals surface area contributed by atoms with Crippen LogP contribution in [-0.2, 0) is 6.18 Å². The number of H-pyrrole nitrogens is 1. The minimum Gasteiger partial charge on any atom is -0.277 e. The van der Waals surface area contributed by atoms with E-state index in [1.165, 1.54) is 0 Å². The maximum atomic E-state index is 12.7. The van der Waals surface area contributed by atoms with E-state index in [1.807, 2.05) is 6.07 Å². The van der Waals surface area contributed by atoms with Crippen molar-refractivity contribution in [2.24, 2.45) is 0 Å². The predicted octanol–water partition coefficient (Wildman–Crippen LogP) is 3.70. The summed E-state index contributed by atoms with van der Waals surface area (Å²) in [5.74, 6) is -1.20. The van der Waals surface area contributed by atoms with E-state index in [0.717, 1.165) is 27.5 Å². The average molecular weight is 354 g/mol. The third kappa shape index (κ3) is 2.67. The average Bonchev–Trinajstić information content (AvgIpc) is 3.28.